The average Bonchev–Trinajstić information content (AvgIpc) is 2.44. The molecule has 0 aliphatic carbocycles. The Kier molecular flexibility index (Phi) is 10.2. The summed E-state index contributed by atoms with van der Waals surface area (Å²) < 4.78 is 4.84. The highest BCUT2D eigenvalue weighted by atomic mass is 35.5. The Labute approximate surface area is 143 Å². The predicted octanol–water partition coefficient (Wildman–Crippen LogP) is 1.68. The van der Waals surface area contributed by atoms with E-state index in [2.05, 4.69) is 10.6 Å². The molecule has 0 radical (unpaired) electrons. The summed E-state index contributed by atoms with van der Waals surface area (Å²) in [5, 5.41) is 5.59. The maximum absolute atomic E-state index is 11.8. The van der Waals surface area contributed by atoms with Crippen molar-refractivity contribution in [1.82, 2.24) is 5.32 Å². The number of amides is 2. The third-order valence-electron chi connectivity index (χ3n) is 2.95. The fraction of sp³-hybridized carbons (Fsp3) is 0.500. The van der Waals surface area contributed by atoms with Gasteiger partial charge in [0.05, 0.1) is 6.61 Å². The monoisotopic (exact) mass is 343 g/mol. The summed E-state index contributed by atoms with van der Waals surface area (Å²) in [7, 11) is 1.50. The Balaban J connectivity index is 0.00000484. The lowest BCUT2D eigenvalue weighted by atomic mass is 10.1. The standard InChI is InChI=1S/C16H25N3O3.ClH/c1-11(2)7-15(20)19-13-6-4-5-12(8-13)9-18-16(21)14(17)10-22-3;/h4-6,8,11,14H,7,9-10,17H2,1-3H3,(H,18,21)(H,19,20);1H. The van der Waals surface area contributed by atoms with Gasteiger partial charge >= 0.3 is 0 Å². The number of ether oxygens (including phenoxy) is 1. The molecular weight excluding hydrogens is 318 g/mol. The average molecular weight is 344 g/mol. The van der Waals surface area contributed by atoms with Crippen molar-refractivity contribution in [3.05, 3.63) is 29.8 Å². The molecule has 0 saturated carbocycles. The van der Waals surface area contributed by atoms with Gasteiger partial charge in [-0.3, -0.25) is 9.59 Å². The minimum Gasteiger partial charge on any atom is -0.383 e. The number of nitrogens with two attached hydrogens (primary N) is 1. The van der Waals surface area contributed by atoms with E-state index in [0.717, 1.165) is 11.3 Å². The zero-order chi connectivity index (χ0) is 16.5. The quantitative estimate of drug-likeness (QED) is 0.669. The van der Waals surface area contributed by atoms with E-state index in [1.165, 1.54) is 7.11 Å². The molecule has 0 fully saturated rings. The number of nitrogens with one attached hydrogen (secondary N) is 2. The lowest BCUT2D eigenvalue weighted by Gasteiger charge is -2.12. The van der Waals surface area contributed by atoms with E-state index < -0.39 is 6.04 Å². The van der Waals surface area contributed by atoms with E-state index in [4.69, 9.17) is 10.5 Å². The minimum absolute atomic E-state index is 0. The van der Waals surface area contributed by atoms with E-state index in [-0.39, 0.29) is 30.8 Å². The molecule has 0 aliphatic heterocycles. The molecule has 0 aliphatic rings. The van der Waals surface area contributed by atoms with Gasteiger partial charge in [0.15, 0.2) is 0 Å². The van der Waals surface area contributed by atoms with Gasteiger partial charge in [0.1, 0.15) is 6.04 Å². The van der Waals surface area contributed by atoms with Crippen LogP contribution in [-0.2, 0) is 20.9 Å². The van der Waals surface area contributed by atoms with Crippen LogP contribution in [-0.4, -0.2) is 31.6 Å². The van der Waals surface area contributed by atoms with E-state index in [1.807, 2.05) is 38.1 Å². The lowest BCUT2D eigenvalue weighted by Crippen LogP contribution is -2.43. The van der Waals surface area contributed by atoms with Crippen molar-refractivity contribution in [2.45, 2.75) is 32.9 Å². The van der Waals surface area contributed by atoms with Crippen molar-refractivity contribution in [1.29, 1.82) is 0 Å². The second kappa shape index (κ2) is 11.0. The SMILES string of the molecule is COCC(N)C(=O)NCc1cccc(NC(=O)CC(C)C)c1.Cl. The maximum Gasteiger partial charge on any atom is 0.239 e. The molecule has 1 atom stereocenters. The van der Waals surface area contributed by atoms with Gasteiger partial charge in [-0.2, -0.15) is 0 Å². The summed E-state index contributed by atoms with van der Waals surface area (Å²) in [4.78, 5) is 23.5. The van der Waals surface area contributed by atoms with Crippen molar-refractivity contribution >= 4 is 29.9 Å². The molecule has 23 heavy (non-hydrogen) atoms. The zero-order valence-corrected chi connectivity index (χ0v) is 14.6. The van der Waals surface area contributed by atoms with Gasteiger partial charge in [-0.25, -0.2) is 0 Å². The summed E-state index contributed by atoms with van der Waals surface area (Å²) in [5.74, 6) is 0.0270. The van der Waals surface area contributed by atoms with Crippen LogP contribution in [0.3, 0.4) is 0 Å². The molecule has 0 bridgehead atoms. The first-order valence-electron chi connectivity index (χ1n) is 7.33. The third-order valence-corrected chi connectivity index (χ3v) is 2.95. The van der Waals surface area contributed by atoms with Gasteiger partial charge in [0, 0.05) is 25.8 Å². The molecule has 0 aromatic heterocycles. The molecular formula is C16H26ClN3O3. The molecule has 0 heterocycles. The van der Waals surface area contributed by atoms with Crippen LogP contribution < -0.4 is 16.4 Å². The van der Waals surface area contributed by atoms with E-state index in [1.54, 1.807) is 0 Å². The Morgan fingerprint density at radius 2 is 2.00 bits per heavy atom. The Hall–Kier alpha value is -1.63. The number of hydrogen-bond acceptors (Lipinski definition) is 4. The number of methoxy groups -OCH3 is 1. The topological polar surface area (TPSA) is 93.4 Å². The van der Waals surface area contributed by atoms with Crippen LogP contribution in [0.1, 0.15) is 25.8 Å². The van der Waals surface area contributed by atoms with Crippen molar-refractivity contribution < 1.29 is 14.3 Å². The Morgan fingerprint density at radius 1 is 1.30 bits per heavy atom. The highest BCUT2D eigenvalue weighted by Crippen LogP contribution is 2.12. The number of hydrogen-bond donors (Lipinski definition) is 3. The van der Waals surface area contributed by atoms with Crippen molar-refractivity contribution in [2.24, 2.45) is 11.7 Å². The molecule has 1 aromatic carbocycles. The molecule has 4 N–H and O–H groups in total. The zero-order valence-electron chi connectivity index (χ0n) is 13.8. The van der Waals surface area contributed by atoms with Crippen molar-refractivity contribution in [3.63, 3.8) is 0 Å². The number of carbonyl (C=O) groups excluding carboxylic acids is 2. The van der Waals surface area contributed by atoms with Crippen LogP contribution in [0.5, 0.6) is 0 Å². The second-order valence-corrected chi connectivity index (χ2v) is 5.63. The number of benzene rings is 1. The molecule has 1 unspecified atom stereocenters. The minimum atomic E-state index is -0.682. The molecule has 6 nitrogen and oxygen atoms in total. The summed E-state index contributed by atoms with van der Waals surface area (Å²) in [6, 6.07) is 6.68. The van der Waals surface area contributed by atoms with Gasteiger partial charge < -0.3 is 21.1 Å². The van der Waals surface area contributed by atoms with Crippen LogP contribution >= 0.6 is 12.4 Å². The van der Waals surface area contributed by atoms with Gasteiger partial charge in [0.2, 0.25) is 11.8 Å². The number of anilines is 1. The van der Waals surface area contributed by atoms with Gasteiger partial charge in [-0.15, -0.1) is 12.4 Å². The normalized spacial score (nSPS) is 11.5. The molecule has 130 valence electrons. The number of halogens is 1. The second-order valence-electron chi connectivity index (χ2n) is 5.63. The highest BCUT2D eigenvalue weighted by molar-refractivity contribution is 5.90. The van der Waals surface area contributed by atoms with Crippen molar-refractivity contribution in [2.75, 3.05) is 19.0 Å². The molecule has 2 amide bonds. The smallest absolute Gasteiger partial charge is 0.239 e. The molecule has 7 heteroatoms. The van der Waals surface area contributed by atoms with Gasteiger partial charge in [-0.1, -0.05) is 26.0 Å². The van der Waals surface area contributed by atoms with Crippen LogP contribution in [0.25, 0.3) is 0 Å². The maximum atomic E-state index is 11.8. The van der Waals surface area contributed by atoms with Crippen LogP contribution in [0, 0.1) is 5.92 Å². The third kappa shape index (κ3) is 8.54. The predicted molar refractivity (Wildman–Crippen MR) is 93.5 cm³/mol. The number of carbonyl (C=O) groups is 2. The van der Waals surface area contributed by atoms with Crippen LogP contribution in [0.2, 0.25) is 0 Å². The first-order valence-corrected chi connectivity index (χ1v) is 7.33. The first-order chi connectivity index (χ1) is 10.4. The summed E-state index contributed by atoms with van der Waals surface area (Å²) in [5.41, 5.74) is 7.25. The van der Waals surface area contributed by atoms with E-state index in [9.17, 15) is 9.59 Å². The van der Waals surface area contributed by atoms with Crippen molar-refractivity contribution in [3.8, 4) is 0 Å². The van der Waals surface area contributed by atoms with Gasteiger partial charge in [-0.05, 0) is 23.6 Å². The molecule has 0 spiro atoms. The molecule has 0 saturated heterocycles. The summed E-state index contributed by atoms with van der Waals surface area (Å²) in [6.07, 6.45) is 0.479. The van der Waals surface area contributed by atoms with E-state index in [0.29, 0.717) is 18.9 Å². The van der Waals surface area contributed by atoms with Gasteiger partial charge in [0.25, 0.3) is 0 Å². The van der Waals surface area contributed by atoms with Crippen LogP contribution in [0.15, 0.2) is 24.3 Å². The molecule has 1 aromatic rings. The molecule has 1 rings (SSSR count). The summed E-state index contributed by atoms with van der Waals surface area (Å²) >= 11 is 0. The highest BCUT2D eigenvalue weighted by Gasteiger charge is 2.12. The Morgan fingerprint density at radius 3 is 2.61 bits per heavy atom. The number of rotatable bonds is 8. The lowest BCUT2D eigenvalue weighted by molar-refractivity contribution is -0.123. The fourth-order valence-electron chi connectivity index (χ4n) is 1.92. The first kappa shape index (κ1) is 21.4. The van der Waals surface area contributed by atoms with Crippen LogP contribution in [0.4, 0.5) is 5.69 Å². The van der Waals surface area contributed by atoms with E-state index >= 15 is 0 Å². The largest absolute Gasteiger partial charge is 0.383 e. The fourth-order valence-corrected chi connectivity index (χ4v) is 1.92. The Bertz CT molecular complexity index is 509. The summed E-state index contributed by atoms with van der Waals surface area (Å²) in [6.45, 7) is 4.52.